The molecule has 0 unspecified atom stereocenters. The van der Waals surface area contributed by atoms with Crippen molar-refractivity contribution < 1.29 is 13.2 Å². The fourth-order valence-electron chi connectivity index (χ4n) is 5.02. The molecule has 1 N–H and O–H groups in total. The van der Waals surface area contributed by atoms with Gasteiger partial charge in [0.25, 0.3) is 5.56 Å². The van der Waals surface area contributed by atoms with Crippen LogP contribution in [0.2, 0.25) is 0 Å². The number of nitrogens with zero attached hydrogens (tertiary/aromatic N) is 9. The van der Waals surface area contributed by atoms with Gasteiger partial charge in [-0.2, -0.15) is 28.4 Å². The highest BCUT2D eigenvalue weighted by Crippen LogP contribution is 2.27. The first-order valence-corrected chi connectivity index (χ1v) is 13.3. The van der Waals surface area contributed by atoms with Crippen LogP contribution in [0, 0.1) is 6.92 Å². The van der Waals surface area contributed by atoms with Gasteiger partial charge in [0, 0.05) is 54.8 Å². The molecular weight excluding hydrogens is 549 g/mol. The molecule has 0 atom stereocenters. The second-order valence-electron chi connectivity index (χ2n) is 10.1. The van der Waals surface area contributed by atoms with Crippen LogP contribution in [0.3, 0.4) is 0 Å². The molecule has 4 aromatic heterocycles. The monoisotopic (exact) mass is 576 g/mol. The third kappa shape index (κ3) is 5.52. The van der Waals surface area contributed by atoms with Crippen molar-refractivity contribution >= 4 is 28.4 Å². The molecule has 6 rings (SSSR count). The lowest BCUT2D eigenvalue weighted by molar-refractivity contribution is -0.140. The summed E-state index contributed by atoms with van der Waals surface area (Å²) in [7, 11) is 2.10. The normalized spacial score (nSPS) is 14.5. The summed E-state index contributed by atoms with van der Waals surface area (Å²) in [6, 6.07) is 10.9. The van der Waals surface area contributed by atoms with Gasteiger partial charge in [0.2, 0.25) is 5.95 Å². The van der Waals surface area contributed by atoms with Crippen LogP contribution >= 0.6 is 0 Å². The predicted molar refractivity (Wildman–Crippen MR) is 152 cm³/mol. The van der Waals surface area contributed by atoms with Crippen molar-refractivity contribution in [1.29, 1.82) is 0 Å². The number of benzene rings is 1. The van der Waals surface area contributed by atoms with E-state index >= 15 is 0 Å². The van der Waals surface area contributed by atoms with Gasteiger partial charge in [-0.3, -0.25) is 9.36 Å². The minimum absolute atomic E-state index is 0.00817. The first kappa shape index (κ1) is 27.3. The number of alkyl halides is 3. The summed E-state index contributed by atoms with van der Waals surface area (Å²) in [5, 5.41) is 10.9. The average molecular weight is 577 g/mol. The van der Waals surface area contributed by atoms with E-state index in [1.165, 1.54) is 31.0 Å². The third-order valence-corrected chi connectivity index (χ3v) is 7.26. The largest absolute Gasteiger partial charge is 0.406 e. The highest BCUT2D eigenvalue weighted by Gasteiger charge is 2.31. The number of imidazole rings is 1. The number of aromatic nitrogens is 7. The van der Waals surface area contributed by atoms with E-state index in [0.717, 1.165) is 31.9 Å². The van der Waals surface area contributed by atoms with Crippen LogP contribution in [0.1, 0.15) is 5.69 Å². The van der Waals surface area contributed by atoms with Crippen LogP contribution in [0.5, 0.6) is 0 Å². The molecule has 216 valence electrons. The third-order valence-electron chi connectivity index (χ3n) is 7.26. The minimum atomic E-state index is -4.66. The topological polar surface area (TPSA) is 110 Å². The Labute approximate surface area is 238 Å². The molecule has 0 bridgehead atoms. The van der Waals surface area contributed by atoms with Crippen molar-refractivity contribution in [1.82, 2.24) is 39.2 Å². The summed E-state index contributed by atoms with van der Waals surface area (Å²) < 4.78 is 43.4. The number of anilines is 3. The quantitative estimate of drug-likeness (QED) is 0.323. The Balaban J connectivity index is 1.35. The Hall–Kier alpha value is -4.85. The number of halogens is 3. The van der Waals surface area contributed by atoms with Gasteiger partial charge in [-0.15, -0.1) is 0 Å². The van der Waals surface area contributed by atoms with E-state index in [9.17, 15) is 18.0 Å². The summed E-state index contributed by atoms with van der Waals surface area (Å²) in [6.07, 6.45) is 1.25. The molecule has 0 amide bonds. The zero-order valence-corrected chi connectivity index (χ0v) is 22.9. The van der Waals surface area contributed by atoms with Gasteiger partial charge >= 0.3 is 6.18 Å². The van der Waals surface area contributed by atoms with Crippen molar-refractivity contribution in [3.8, 4) is 16.9 Å². The van der Waals surface area contributed by atoms with Gasteiger partial charge in [0.05, 0.1) is 29.3 Å². The van der Waals surface area contributed by atoms with Crippen LogP contribution in [-0.4, -0.2) is 78.6 Å². The Kier molecular flexibility index (Phi) is 7.06. The van der Waals surface area contributed by atoms with Crippen molar-refractivity contribution in [3.63, 3.8) is 0 Å². The van der Waals surface area contributed by atoms with E-state index in [-0.39, 0.29) is 28.2 Å². The Morgan fingerprint density at radius 2 is 1.71 bits per heavy atom. The molecule has 14 heteroatoms. The lowest BCUT2D eigenvalue weighted by Gasteiger charge is -2.34. The zero-order chi connectivity index (χ0) is 29.4. The molecule has 0 saturated carbocycles. The molecule has 1 aromatic carbocycles. The van der Waals surface area contributed by atoms with Crippen LogP contribution in [0.4, 0.5) is 30.5 Å². The van der Waals surface area contributed by atoms with Crippen molar-refractivity contribution in [2.75, 3.05) is 43.4 Å². The number of piperazine rings is 1. The summed E-state index contributed by atoms with van der Waals surface area (Å²) in [4.78, 5) is 31.1. The van der Waals surface area contributed by atoms with E-state index in [2.05, 4.69) is 47.3 Å². The van der Waals surface area contributed by atoms with Gasteiger partial charge in [0.15, 0.2) is 0 Å². The number of fused-ring (bicyclic) bond motifs is 1. The molecule has 5 aromatic rings. The van der Waals surface area contributed by atoms with Gasteiger partial charge < -0.3 is 19.7 Å². The highest BCUT2D eigenvalue weighted by atomic mass is 19.4. The van der Waals surface area contributed by atoms with E-state index in [4.69, 9.17) is 0 Å². The predicted octanol–water partition coefficient (Wildman–Crippen LogP) is 3.80. The number of likely N-dealkylation sites (N-methyl/N-ethyl adjacent to an activating group) is 1. The first-order valence-electron chi connectivity index (χ1n) is 13.3. The lowest BCUT2D eigenvalue weighted by atomic mass is 10.1. The van der Waals surface area contributed by atoms with Crippen LogP contribution < -0.4 is 15.8 Å². The molecule has 1 aliphatic rings. The number of pyridine rings is 1. The molecule has 1 aliphatic heterocycles. The smallest absolute Gasteiger partial charge is 0.369 e. The molecule has 0 radical (unpaired) electrons. The number of hydrogen-bond acceptors (Lipinski definition) is 9. The van der Waals surface area contributed by atoms with Gasteiger partial charge in [-0.25, -0.2) is 9.97 Å². The Morgan fingerprint density at radius 3 is 2.40 bits per heavy atom. The van der Waals surface area contributed by atoms with E-state index in [1.54, 1.807) is 17.6 Å². The summed E-state index contributed by atoms with van der Waals surface area (Å²) in [5.74, 6) is 0.0727. The Morgan fingerprint density at radius 1 is 0.952 bits per heavy atom. The van der Waals surface area contributed by atoms with Crippen molar-refractivity contribution in [3.05, 3.63) is 77.4 Å². The molecule has 0 spiro atoms. The van der Waals surface area contributed by atoms with Gasteiger partial charge in [-0.1, -0.05) is 0 Å². The van der Waals surface area contributed by atoms with Crippen molar-refractivity contribution in [2.45, 2.75) is 19.6 Å². The number of hydrogen-bond donors (Lipinski definition) is 1. The summed E-state index contributed by atoms with van der Waals surface area (Å²) >= 11 is 0. The second kappa shape index (κ2) is 10.9. The fourth-order valence-corrected chi connectivity index (χ4v) is 5.02. The van der Waals surface area contributed by atoms with Gasteiger partial charge in [-0.05, 0) is 50.4 Å². The maximum atomic E-state index is 13.7. The average Bonchev–Trinajstić information content (AvgIpc) is 3.36. The van der Waals surface area contributed by atoms with Crippen molar-refractivity contribution in [2.24, 2.45) is 0 Å². The second-order valence-corrected chi connectivity index (χ2v) is 10.1. The van der Waals surface area contributed by atoms with E-state index in [0.29, 0.717) is 21.6 Å². The molecule has 42 heavy (non-hydrogen) atoms. The maximum Gasteiger partial charge on any atom is 0.406 e. The molecule has 11 nitrogen and oxygen atoms in total. The van der Waals surface area contributed by atoms with E-state index < -0.39 is 18.3 Å². The number of rotatable bonds is 6. The SMILES string of the molecule is Cc1c(-c2cc3cnc(Nc4ccc(N5CCN(C)CC5)cc4)nc3n(CC(F)(F)F)c2=O)ncn1-c1ccnnc1. The molecule has 5 heterocycles. The molecule has 1 fully saturated rings. The van der Waals surface area contributed by atoms with Gasteiger partial charge in [0.1, 0.15) is 18.5 Å². The standard InChI is InChI=1S/C28H27F3N10O/c1-18-24(33-17-41(18)22-7-8-34-35-15-22)23-13-19-14-32-27(37-25(19)40(26(23)42)16-28(29,30)31)36-20-3-5-21(6-4-20)39-11-9-38(2)10-12-39/h3-8,13-15,17H,9-12,16H2,1-2H3,(H,32,36,37). The summed E-state index contributed by atoms with van der Waals surface area (Å²) in [5.41, 5.74) is 2.21. The molecule has 1 saturated heterocycles. The molecule has 0 aliphatic carbocycles. The Bertz CT molecular complexity index is 1780. The van der Waals surface area contributed by atoms with Crippen LogP contribution in [-0.2, 0) is 6.54 Å². The summed E-state index contributed by atoms with van der Waals surface area (Å²) in [6.45, 7) is 4.03. The highest BCUT2D eigenvalue weighted by molar-refractivity contribution is 5.81. The number of nitrogens with one attached hydrogen (secondary N) is 1. The van der Waals surface area contributed by atoms with Crippen LogP contribution in [0.25, 0.3) is 28.0 Å². The lowest BCUT2D eigenvalue weighted by Crippen LogP contribution is -2.44. The van der Waals surface area contributed by atoms with E-state index in [1.807, 2.05) is 24.3 Å². The maximum absolute atomic E-state index is 13.7. The zero-order valence-electron chi connectivity index (χ0n) is 22.9. The fraction of sp³-hybridized carbons (Fsp3) is 0.286. The first-order chi connectivity index (χ1) is 20.2. The molecular formula is C28H27F3N10O. The minimum Gasteiger partial charge on any atom is -0.369 e. The van der Waals surface area contributed by atoms with Crippen LogP contribution in [0.15, 0.2) is 66.1 Å².